The van der Waals surface area contributed by atoms with E-state index in [4.69, 9.17) is 24.1 Å². The zero-order valence-corrected chi connectivity index (χ0v) is 61.1. The SMILES string of the molecule is CC(C)COc1cccc(C(C)C)c1.CC(C)c1ccc(O)cc1.CC(C)c1cccc(F)c1.CC(C)c1cccc(OCC(F)(F)F)c1.CC(C)c1cccc(OCC2CC2)c1.CC(C)c1ccccc1.CCOc1cccc(C(C)C)c1.COc1cccc(C(C)C)c1. The van der Waals surface area contributed by atoms with Crippen molar-refractivity contribution in [3.8, 4) is 34.5 Å². The largest absolute Gasteiger partial charge is 0.508 e. The first-order chi connectivity index (χ1) is 44.9. The lowest BCUT2D eigenvalue weighted by Crippen LogP contribution is -2.19. The number of phenolic OH excluding ortho intramolecular Hbond substituents is 1. The van der Waals surface area contributed by atoms with Crippen molar-refractivity contribution in [2.75, 3.05) is 33.5 Å². The standard InChI is InChI=1S/C13H18O.C13H20O.C11H13F3O.C11H16O.C10H14O.C9H11F.C9H12O.C9H12/c1-10(2)12-4-3-5-13(8-12)14-9-11-6-7-11;1-10(2)9-14-13-7-5-6-12(8-13)11(3)4;1-8(2)9-4-3-5-10(6-9)15-7-11(12,13)14;1-4-12-11-7-5-6-10(8-11)9(2)3;1-8(2)9-5-4-6-10(7-9)11-3;1-7(2)8-4-3-5-9(10)6-8;1-7(2)8-3-5-9(10)6-4-8;1-8(2)9-6-4-3-5-7-9/h3-5,8,10-11H,6-7,9H2,1-2H3;5-8,10-11H,9H2,1-4H3;3-6,8H,7H2,1-2H3;5-9H,4H2,1-3H3;4-8H,1-3H3;3-7H,1-2H3;3-7,10H,1-2H3;3-8H,1-2H3. The summed E-state index contributed by atoms with van der Waals surface area (Å²) in [7, 11) is 1.69. The van der Waals surface area contributed by atoms with Crippen LogP contribution in [0.3, 0.4) is 0 Å². The summed E-state index contributed by atoms with van der Waals surface area (Å²) in [4.78, 5) is 0. The highest BCUT2D eigenvalue weighted by Gasteiger charge is 2.28. The van der Waals surface area contributed by atoms with Crippen molar-refractivity contribution < 1.29 is 46.4 Å². The van der Waals surface area contributed by atoms with Crippen LogP contribution in [-0.4, -0.2) is 44.8 Å². The molecule has 0 aromatic heterocycles. The summed E-state index contributed by atoms with van der Waals surface area (Å²) in [5.74, 6) is 9.99. The van der Waals surface area contributed by atoms with E-state index in [1.807, 2.05) is 87.5 Å². The lowest BCUT2D eigenvalue weighted by molar-refractivity contribution is -0.153. The molecule has 1 fully saturated rings. The van der Waals surface area contributed by atoms with Gasteiger partial charge < -0.3 is 28.8 Å². The number of methoxy groups -OCH3 is 1. The van der Waals surface area contributed by atoms with Crippen molar-refractivity contribution >= 4 is 0 Å². The van der Waals surface area contributed by atoms with Gasteiger partial charge in [0, 0.05) is 0 Å². The molecule has 0 bridgehead atoms. The number of alkyl halides is 3. The van der Waals surface area contributed by atoms with E-state index >= 15 is 0 Å². The summed E-state index contributed by atoms with van der Waals surface area (Å²) in [5.41, 5.74) is 10.1. The maximum Gasteiger partial charge on any atom is 0.422 e. The number of rotatable bonds is 19. The Kier molecular flexibility index (Phi) is 40.0. The molecule has 1 aliphatic rings. The van der Waals surface area contributed by atoms with Crippen LogP contribution >= 0.6 is 0 Å². The number of phenols is 1. The van der Waals surface area contributed by atoms with E-state index in [0.717, 1.165) is 59.9 Å². The third kappa shape index (κ3) is 38.4. The van der Waals surface area contributed by atoms with Gasteiger partial charge in [-0.25, -0.2) is 4.39 Å². The van der Waals surface area contributed by atoms with E-state index in [1.165, 1.54) is 58.4 Å². The van der Waals surface area contributed by atoms with Crippen molar-refractivity contribution in [3.05, 3.63) is 251 Å². The second kappa shape index (κ2) is 45.6. The number of hydrogen-bond acceptors (Lipinski definition) is 6. The highest BCUT2D eigenvalue weighted by Crippen LogP contribution is 2.31. The van der Waals surface area contributed by atoms with Gasteiger partial charge in [0.2, 0.25) is 0 Å². The van der Waals surface area contributed by atoms with Crippen LogP contribution in [0, 0.1) is 17.7 Å². The van der Waals surface area contributed by atoms with Gasteiger partial charge in [-0.05, 0) is 208 Å². The molecule has 10 heteroatoms. The smallest absolute Gasteiger partial charge is 0.422 e. The Morgan fingerprint density at radius 1 is 0.368 bits per heavy atom. The third-order valence-corrected chi connectivity index (χ3v) is 14.9. The average molecular weight is 1310 g/mol. The molecule has 8 aromatic rings. The monoisotopic (exact) mass is 1310 g/mol. The van der Waals surface area contributed by atoms with Gasteiger partial charge in [-0.3, -0.25) is 0 Å². The quantitative estimate of drug-likeness (QED) is 0.0814. The molecule has 0 spiro atoms. The minimum Gasteiger partial charge on any atom is -0.508 e. The topological polar surface area (TPSA) is 66.4 Å². The molecule has 0 unspecified atom stereocenters. The first-order valence-electron chi connectivity index (χ1n) is 34.1. The van der Waals surface area contributed by atoms with Gasteiger partial charge in [0.1, 0.15) is 40.3 Å². The van der Waals surface area contributed by atoms with Crippen LogP contribution in [0.5, 0.6) is 34.5 Å². The zero-order chi connectivity index (χ0) is 71.0. The average Bonchev–Trinajstić information content (AvgIpc) is 2.68. The van der Waals surface area contributed by atoms with Gasteiger partial charge in [0.05, 0.1) is 26.9 Å². The molecule has 1 saturated carbocycles. The van der Waals surface area contributed by atoms with Crippen LogP contribution in [0.4, 0.5) is 17.6 Å². The molecule has 1 N–H and O–H groups in total. The Labute approximate surface area is 571 Å². The molecule has 0 heterocycles. The van der Waals surface area contributed by atoms with Crippen LogP contribution in [0.2, 0.25) is 0 Å². The van der Waals surface area contributed by atoms with Gasteiger partial charge in [-0.2, -0.15) is 13.2 Å². The molecule has 520 valence electrons. The molecule has 0 radical (unpaired) electrons. The van der Waals surface area contributed by atoms with E-state index in [2.05, 4.69) is 200 Å². The van der Waals surface area contributed by atoms with Crippen LogP contribution in [0.1, 0.15) is 236 Å². The molecule has 95 heavy (non-hydrogen) atoms. The van der Waals surface area contributed by atoms with E-state index in [-0.39, 0.29) is 17.5 Å². The lowest BCUT2D eigenvalue weighted by Gasteiger charge is -2.11. The summed E-state index contributed by atoms with van der Waals surface area (Å²) < 4.78 is 74.7. The third-order valence-electron chi connectivity index (χ3n) is 14.9. The summed E-state index contributed by atoms with van der Waals surface area (Å²) in [6.45, 7) is 41.8. The van der Waals surface area contributed by atoms with Crippen molar-refractivity contribution in [2.24, 2.45) is 11.8 Å². The van der Waals surface area contributed by atoms with Crippen molar-refractivity contribution in [3.63, 3.8) is 0 Å². The Morgan fingerprint density at radius 2 is 0.684 bits per heavy atom. The maximum absolute atomic E-state index is 12.5. The van der Waals surface area contributed by atoms with Crippen LogP contribution in [0.25, 0.3) is 0 Å². The van der Waals surface area contributed by atoms with E-state index in [0.29, 0.717) is 53.1 Å². The van der Waals surface area contributed by atoms with Gasteiger partial charge in [0.25, 0.3) is 0 Å². The highest BCUT2D eigenvalue weighted by molar-refractivity contribution is 5.34. The Balaban J connectivity index is 0.000000372. The second-order valence-corrected chi connectivity index (χ2v) is 26.7. The second-order valence-electron chi connectivity index (χ2n) is 26.7. The molecule has 6 nitrogen and oxygen atoms in total. The van der Waals surface area contributed by atoms with Crippen molar-refractivity contribution in [1.82, 2.24) is 0 Å². The van der Waals surface area contributed by atoms with Gasteiger partial charge in [0.15, 0.2) is 6.61 Å². The maximum atomic E-state index is 12.5. The molecule has 1 aliphatic carbocycles. The van der Waals surface area contributed by atoms with Crippen molar-refractivity contribution in [1.29, 1.82) is 0 Å². The molecule has 0 saturated heterocycles. The number of ether oxygens (including phenoxy) is 5. The minimum absolute atomic E-state index is 0.147. The predicted molar refractivity (Wildman–Crippen MR) is 394 cm³/mol. The van der Waals surface area contributed by atoms with Crippen LogP contribution in [0.15, 0.2) is 200 Å². The van der Waals surface area contributed by atoms with Crippen LogP contribution < -0.4 is 23.7 Å². The molecular formula is C85H116F4O6. The van der Waals surface area contributed by atoms with Gasteiger partial charge >= 0.3 is 6.18 Å². The predicted octanol–water partition coefficient (Wildman–Crippen LogP) is 25.5. The van der Waals surface area contributed by atoms with Gasteiger partial charge in [-0.1, -0.05) is 240 Å². The van der Waals surface area contributed by atoms with Gasteiger partial charge in [-0.15, -0.1) is 0 Å². The summed E-state index contributed by atoms with van der Waals surface area (Å²) in [5, 5.41) is 8.94. The number of hydrogen-bond donors (Lipinski definition) is 1. The molecular weight excluding hydrogens is 1190 g/mol. The number of halogens is 4. The number of aromatic hydroxyl groups is 1. The highest BCUT2D eigenvalue weighted by atomic mass is 19.4. The van der Waals surface area contributed by atoms with E-state index < -0.39 is 12.8 Å². The fourth-order valence-corrected chi connectivity index (χ4v) is 8.51. The molecule has 0 atom stereocenters. The first-order valence-corrected chi connectivity index (χ1v) is 34.1. The van der Waals surface area contributed by atoms with E-state index in [1.54, 1.807) is 43.5 Å². The normalized spacial score (nSPS) is 11.5. The summed E-state index contributed by atoms with van der Waals surface area (Å²) in [6.07, 6.45) is -1.58. The summed E-state index contributed by atoms with van der Waals surface area (Å²) >= 11 is 0. The summed E-state index contributed by atoms with van der Waals surface area (Å²) in [6, 6.07) is 64.5. The zero-order valence-electron chi connectivity index (χ0n) is 61.1. The molecule has 0 aliphatic heterocycles. The Bertz CT molecular complexity index is 3200. The fourth-order valence-electron chi connectivity index (χ4n) is 8.51. The minimum atomic E-state index is -4.28. The molecule has 0 amide bonds. The Morgan fingerprint density at radius 3 is 1.00 bits per heavy atom. The number of benzene rings is 8. The lowest BCUT2D eigenvalue weighted by atomic mass is 10.0. The Hall–Kier alpha value is -7.72. The fraction of sp³-hybridized carbons (Fsp3) is 0.435. The first kappa shape index (κ1) is 83.4. The molecule has 9 rings (SSSR count). The van der Waals surface area contributed by atoms with Crippen molar-refractivity contribution in [2.45, 2.75) is 198 Å². The molecule has 8 aromatic carbocycles. The van der Waals surface area contributed by atoms with Crippen LogP contribution in [-0.2, 0) is 0 Å². The van der Waals surface area contributed by atoms with E-state index in [9.17, 15) is 17.6 Å².